The van der Waals surface area contributed by atoms with Crippen molar-refractivity contribution in [3.05, 3.63) is 65.7 Å². The summed E-state index contributed by atoms with van der Waals surface area (Å²) in [5.41, 5.74) is 7.26. The van der Waals surface area contributed by atoms with Gasteiger partial charge < -0.3 is 20.2 Å². The van der Waals surface area contributed by atoms with E-state index >= 15 is 0 Å². The van der Waals surface area contributed by atoms with E-state index in [9.17, 15) is 9.59 Å². The lowest BCUT2D eigenvalue weighted by Gasteiger charge is -2.07. The van der Waals surface area contributed by atoms with Crippen molar-refractivity contribution in [1.29, 1.82) is 0 Å². The van der Waals surface area contributed by atoms with Crippen LogP contribution in [0.3, 0.4) is 0 Å². The van der Waals surface area contributed by atoms with Gasteiger partial charge >= 0.3 is 5.97 Å². The molecule has 2 heterocycles. The van der Waals surface area contributed by atoms with Crippen LogP contribution in [0, 0.1) is 0 Å². The number of amides is 1. The maximum Gasteiger partial charge on any atom is 0.343 e. The van der Waals surface area contributed by atoms with E-state index in [-0.39, 0.29) is 17.3 Å². The number of esters is 1. The van der Waals surface area contributed by atoms with Gasteiger partial charge in [-0.05, 0) is 36.4 Å². The van der Waals surface area contributed by atoms with Gasteiger partial charge in [0.15, 0.2) is 0 Å². The highest BCUT2D eigenvalue weighted by molar-refractivity contribution is 5.95. The Kier molecular flexibility index (Phi) is 5.02. The average molecular weight is 354 g/mol. The second-order valence-corrected chi connectivity index (χ2v) is 5.48. The standard InChI is InChI=1S/C18H18N4O4/c1-25-18(24)15-11-21-22(16(15)19)13-6-4-12(5-7-13)17(23)20-9-8-14-3-2-10-26-14/h2-7,10-11H,8-9,19H2,1H3,(H,20,23). The Morgan fingerprint density at radius 1 is 1.27 bits per heavy atom. The number of hydrogen-bond donors (Lipinski definition) is 2. The monoisotopic (exact) mass is 354 g/mol. The normalized spacial score (nSPS) is 10.5. The molecule has 0 saturated carbocycles. The van der Waals surface area contributed by atoms with Gasteiger partial charge in [0, 0.05) is 18.5 Å². The summed E-state index contributed by atoms with van der Waals surface area (Å²) in [4.78, 5) is 23.8. The highest BCUT2D eigenvalue weighted by Crippen LogP contribution is 2.18. The Morgan fingerprint density at radius 2 is 2.04 bits per heavy atom. The van der Waals surface area contributed by atoms with Crippen LogP contribution in [0.1, 0.15) is 26.5 Å². The van der Waals surface area contributed by atoms with E-state index in [1.165, 1.54) is 18.0 Å². The quantitative estimate of drug-likeness (QED) is 0.653. The van der Waals surface area contributed by atoms with Crippen LogP contribution in [-0.2, 0) is 11.2 Å². The summed E-state index contributed by atoms with van der Waals surface area (Å²) < 4.78 is 11.3. The van der Waals surface area contributed by atoms with Crippen LogP contribution in [0.5, 0.6) is 0 Å². The molecule has 0 bridgehead atoms. The average Bonchev–Trinajstić information content (AvgIpc) is 3.31. The third kappa shape index (κ3) is 3.59. The molecule has 0 aliphatic carbocycles. The lowest BCUT2D eigenvalue weighted by atomic mass is 10.2. The fourth-order valence-electron chi connectivity index (χ4n) is 2.44. The summed E-state index contributed by atoms with van der Waals surface area (Å²) in [6.45, 7) is 0.475. The molecular formula is C18H18N4O4. The van der Waals surface area contributed by atoms with Gasteiger partial charge in [-0.3, -0.25) is 4.79 Å². The molecule has 0 fully saturated rings. The first-order valence-corrected chi connectivity index (χ1v) is 7.93. The number of rotatable bonds is 6. The van der Waals surface area contributed by atoms with Crippen LogP contribution in [0.2, 0.25) is 0 Å². The Bertz CT molecular complexity index is 898. The number of benzene rings is 1. The van der Waals surface area contributed by atoms with Crippen molar-refractivity contribution in [2.24, 2.45) is 0 Å². The van der Waals surface area contributed by atoms with Crippen molar-refractivity contribution in [3.63, 3.8) is 0 Å². The summed E-state index contributed by atoms with van der Waals surface area (Å²) >= 11 is 0. The zero-order valence-corrected chi connectivity index (χ0v) is 14.1. The number of aromatic nitrogens is 2. The minimum Gasteiger partial charge on any atom is -0.469 e. The largest absolute Gasteiger partial charge is 0.469 e. The number of ether oxygens (including phenoxy) is 1. The smallest absolute Gasteiger partial charge is 0.343 e. The molecule has 0 spiro atoms. The predicted octanol–water partition coefficient (Wildman–Crippen LogP) is 1.81. The summed E-state index contributed by atoms with van der Waals surface area (Å²) in [5, 5.41) is 6.91. The molecule has 26 heavy (non-hydrogen) atoms. The van der Waals surface area contributed by atoms with Crippen LogP contribution in [-0.4, -0.2) is 35.3 Å². The van der Waals surface area contributed by atoms with E-state index in [1.54, 1.807) is 30.5 Å². The van der Waals surface area contributed by atoms with Crippen LogP contribution in [0.25, 0.3) is 5.69 Å². The van der Waals surface area contributed by atoms with Gasteiger partial charge in [-0.25, -0.2) is 9.48 Å². The number of carbonyl (C=O) groups is 2. The van der Waals surface area contributed by atoms with Crippen LogP contribution in [0.15, 0.2) is 53.3 Å². The SMILES string of the molecule is COC(=O)c1cnn(-c2ccc(C(=O)NCCc3ccco3)cc2)c1N. The van der Waals surface area contributed by atoms with E-state index in [4.69, 9.17) is 10.2 Å². The van der Waals surface area contributed by atoms with E-state index in [2.05, 4.69) is 15.2 Å². The number of methoxy groups -OCH3 is 1. The molecule has 3 N–H and O–H groups in total. The number of anilines is 1. The van der Waals surface area contributed by atoms with Gasteiger partial charge in [0.2, 0.25) is 0 Å². The zero-order valence-electron chi connectivity index (χ0n) is 14.1. The van der Waals surface area contributed by atoms with Crippen molar-refractivity contribution in [2.45, 2.75) is 6.42 Å². The molecule has 0 saturated heterocycles. The number of hydrogen-bond acceptors (Lipinski definition) is 6. The fraction of sp³-hybridized carbons (Fsp3) is 0.167. The van der Waals surface area contributed by atoms with Crippen molar-refractivity contribution < 1.29 is 18.7 Å². The van der Waals surface area contributed by atoms with Crippen molar-refractivity contribution in [1.82, 2.24) is 15.1 Å². The second-order valence-electron chi connectivity index (χ2n) is 5.48. The van der Waals surface area contributed by atoms with Crippen LogP contribution >= 0.6 is 0 Å². The molecule has 0 atom stereocenters. The zero-order chi connectivity index (χ0) is 18.5. The first-order valence-electron chi connectivity index (χ1n) is 7.93. The van der Waals surface area contributed by atoms with Gasteiger partial charge in [-0.15, -0.1) is 0 Å². The Labute approximate surface area is 149 Å². The number of nitrogen functional groups attached to an aromatic ring is 1. The van der Waals surface area contributed by atoms with Gasteiger partial charge in [0.05, 0.1) is 25.3 Å². The first kappa shape index (κ1) is 17.3. The molecule has 3 rings (SSSR count). The predicted molar refractivity (Wildman–Crippen MR) is 94.1 cm³/mol. The fourth-order valence-corrected chi connectivity index (χ4v) is 2.44. The van der Waals surface area contributed by atoms with E-state index in [0.29, 0.717) is 24.2 Å². The molecule has 8 heteroatoms. The molecule has 0 aliphatic rings. The number of furan rings is 1. The lowest BCUT2D eigenvalue weighted by molar-refractivity contribution is 0.0601. The Balaban J connectivity index is 1.65. The van der Waals surface area contributed by atoms with Crippen molar-refractivity contribution in [2.75, 3.05) is 19.4 Å². The Hall–Kier alpha value is -3.55. The molecule has 8 nitrogen and oxygen atoms in total. The maximum atomic E-state index is 12.2. The van der Waals surface area contributed by atoms with Crippen molar-refractivity contribution in [3.8, 4) is 5.69 Å². The molecule has 2 aromatic heterocycles. The summed E-state index contributed by atoms with van der Waals surface area (Å²) in [5.74, 6) is 0.247. The Morgan fingerprint density at radius 3 is 2.69 bits per heavy atom. The maximum absolute atomic E-state index is 12.2. The van der Waals surface area contributed by atoms with Crippen LogP contribution in [0.4, 0.5) is 5.82 Å². The number of nitrogens with two attached hydrogens (primary N) is 1. The summed E-state index contributed by atoms with van der Waals surface area (Å²) in [7, 11) is 1.28. The third-order valence-electron chi connectivity index (χ3n) is 3.82. The van der Waals surface area contributed by atoms with Crippen LogP contribution < -0.4 is 11.1 Å². The van der Waals surface area contributed by atoms with Gasteiger partial charge in [0.1, 0.15) is 17.1 Å². The van der Waals surface area contributed by atoms with E-state index in [0.717, 1.165) is 5.76 Å². The molecular weight excluding hydrogens is 336 g/mol. The van der Waals surface area contributed by atoms with E-state index < -0.39 is 5.97 Å². The molecule has 134 valence electrons. The third-order valence-corrected chi connectivity index (χ3v) is 3.82. The van der Waals surface area contributed by atoms with E-state index in [1.807, 2.05) is 12.1 Å². The molecule has 1 amide bonds. The second kappa shape index (κ2) is 7.56. The summed E-state index contributed by atoms with van der Waals surface area (Å²) in [6, 6.07) is 10.4. The highest BCUT2D eigenvalue weighted by Gasteiger charge is 2.16. The topological polar surface area (TPSA) is 112 Å². The molecule has 3 aromatic rings. The number of carbonyl (C=O) groups excluding carboxylic acids is 2. The van der Waals surface area contributed by atoms with Crippen molar-refractivity contribution >= 4 is 17.7 Å². The molecule has 0 aliphatic heterocycles. The molecule has 1 aromatic carbocycles. The lowest BCUT2D eigenvalue weighted by Crippen LogP contribution is -2.25. The minimum atomic E-state index is -0.554. The van der Waals surface area contributed by atoms with Gasteiger partial charge in [0.25, 0.3) is 5.91 Å². The summed E-state index contributed by atoms with van der Waals surface area (Å²) in [6.07, 6.45) is 3.57. The first-order chi connectivity index (χ1) is 12.6. The number of nitrogens with zero attached hydrogens (tertiary/aromatic N) is 2. The molecule has 0 unspecified atom stereocenters. The highest BCUT2D eigenvalue weighted by atomic mass is 16.5. The van der Waals surface area contributed by atoms with Gasteiger partial charge in [-0.2, -0.15) is 5.10 Å². The molecule has 0 radical (unpaired) electrons. The van der Waals surface area contributed by atoms with Gasteiger partial charge in [-0.1, -0.05) is 0 Å². The number of nitrogens with one attached hydrogen (secondary N) is 1. The minimum absolute atomic E-state index is 0.174.